The Morgan fingerprint density at radius 2 is 1.67 bits per heavy atom. The van der Waals surface area contributed by atoms with Crippen molar-refractivity contribution in [2.75, 3.05) is 4.90 Å². The monoisotopic (exact) mass is 374 g/mol. The molecule has 6 heteroatoms. The lowest BCUT2D eigenvalue weighted by molar-refractivity contribution is -0.113. The SMILES string of the molecule is O=C(N=C1S/C(=C/c2ccco2)C(=O)N1c1ccccc1)c1ccccc1. The van der Waals surface area contributed by atoms with Crippen molar-refractivity contribution in [2.45, 2.75) is 0 Å². The first kappa shape index (κ1) is 17.1. The number of carbonyl (C=O) groups excluding carboxylic acids is 2. The number of benzene rings is 2. The molecular formula is C21H14N2O3S. The minimum Gasteiger partial charge on any atom is -0.465 e. The average Bonchev–Trinajstić information content (AvgIpc) is 3.32. The highest BCUT2D eigenvalue weighted by molar-refractivity contribution is 8.19. The van der Waals surface area contributed by atoms with Gasteiger partial charge in [0.25, 0.3) is 11.8 Å². The van der Waals surface area contributed by atoms with Crippen molar-refractivity contribution in [3.63, 3.8) is 0 Å². The predicted molar refractivity (Wildman–Crippen MR) is 106 cm³/mol. The zero-order chi connectivity index (χ0) is 18.6. The Hall–Kier alpha value is -3.38. The molecule has 1 saturated heterocycles. The Bertz CT molecular complexity index is 1030. The van der Waals surface area contributed by atoms with Crippen molar-refractivity contribution in [3.05, 3.63) is 95.3 Å². The van der Waals surface area contributed by atoms with Crippen molar-refractivity contribution in [1.29, 1.82) is 0 Å². The van der Waals surface area contributed by atoms with E-state index in [4.69, 9.17) is 4.42 Å². The van der Waals surface area contributed by atoms with Crippen LogP contribution in [0.15, 0.2) is 93.4 Å². The van der Waals surface area contributed by atoms with Gasteiger partial charge < -0.3 is 4.42 Å². The van der Waals surface area contributed by atoms with Gasteiger partial charge in [-0.1, -0.05) is 36.4 Å². The van der Waals surface area contributed by atoms with Crippen LogP contribution in [0.3, 0.4) is 0 Å². The first-order chi connectivity index (χ1) is 13.2. The van der Waals surface area contributed by atoms with Crippen molar-refractivity contribution < 1.29 is 14.0 Å². The van der Waals surface area contributed by atoms with Gasteiger partial charge in [-0.05, 0) is 48.2 Å². The number of hydrogen-bond acceptors (Lipinski definition) is 4. The second-order valence-corrected chi connectivity index (χ2v) is 6.68. The van der Waals surface area contributed by atoms with Crippen LogP contribution in [0, 0.1) is 0 Å². The highest BCUT2D eigenvalue weighted by Crippen LogP contribution is 2.36. The minimum atomic E-state index is -0.397. The van der Waals surface area contributed by atoms with Crippen LogP contribution in [0.1, 0.15) is 16.1 Å². The Kier molecular flexibility index (Phi) is 4.72. The van der Waals surface area contributed by atoms with Crippen LogP contribution in [-0.2, 0) is 4.79 Å². The van der Waals surface area contributed by atoms with E-state index in [0.717, 1.165) is 11.8 Å². The molecule has 0 aliphatic carbocycles. The van der Waals surface area contributed by atoms with Crippen molar-refractivity contribution in [3.8, 4) is 0 Å². The van der Waals surface area contributed by atoms with Crippen LogP contribution in [0.5, 0.6) is 0 Å². The molecule has 2 amide bonds. The summed E-state index contributed by atoms with van der Waals surface area (Å²) in [6.45, 7) is 0. The smallest absolute Gasteiger partial charge is 0.279 e. The molecule has 0 spiro atoms. The van der Waals surface area contributed by atoms with Gasteiger partial charge in [0, 0.05) is 11.6 Å². The Labute approximate surface area is 160 Å². The molecule has 0 saturated carbocycles. The fourth-order valence-corrected chi connectivity index (χ4v) is 3.55. The lowest BCUT2D eigenvalue weighted by Gasteiger charge is -2.15. The Morgan fingerprint density at radius 1 is 0.963 bits per heavy atom. The number of amides is 2. The molecular weight excluding hydrogens is 360 g/mol. The van der Waals surface area contributed by atoms with Crippen LogP contribution in [0.4, 0.5) is 5.69 Å². The number of carbonyl (C=O) groups is 2. The van der Waals surface area contributed by atoms with Crippen molar-refractivity contribution >= 4 is 40.5 Å². The van der Waals surface area contributed by atoms with E-state index in [2.05, 4.69) is 4.99 Å². The van der Waals surface area contributed by atoms with Crippen molar-refractivity contribution in [2.24, 2.45) is 4.99 Å². The zero-order valence-corrected chi connectivity index (χ0v) is 14.9. The van der Waals surface area contributed by atoms with Gasteiger partial charge in [0.1, 0.15) is 5.76 Å². The summed E-state index contributed by atoms with van der Waals surface area (Å²) in [6.07, 6.45) is 3.19. The summed E-state index contributed by atoms with van der Waals surface area (Å²) < 4.78 is 5.30. The molecule has 0 unspecified atom stereocenters. The maximum atomic E-state index is 13.0. The summed E-state index contributed by atoms with van der Waals surface area (Å²) in [5.74, 6) is -0.0808. The summed E-state index contributed by atoms with van der Waals surface area (Å²) in [5, 5.41) is 0.317. The molecule has 2 aromatic carbocycles. The molecule has 5 nitrogen and oxygen atoms in total. The van der Waals surface area contributed by atoms with E-state index in [1.807, 2.05) is 24.3 Å². The molecule has 132 valence electrons. The summed E-state index contributed by atoms with van der Waals surface area (Å²) >= 11 is 1.15. The van der Waals surface area contributed by atoms with E-state index in [0.29, 0.717) is 27.1 Å². The molecule has 4 rings (SSSR count). The van der Waals surface area contributed by atoms with Crippen LogP contribution in [-0.4, -0.2) is 17.0 Å². The van der Waals surface area contributed by atoms with Crippen LogP contribution in [0.25, 0.3) is 6.08 Å². The number of amidine groups is 1. The third kappa shape index (κ3) is 3.61. The van der Waals surface area contributed by atoms with E-state index in [1.54, 1.807) is 60.9 Å². The second kappa shape index (κ2) is 7.47. The lowest BCUT2D eigenvalue weighted by Crippen LogP contribution is -2.29. The molecule has 0 bridgehead atoms. The summed E-state index contributed by atoms with van der Waals surface area (Å²) in [5.41, 5.74) is 1.12. The zero-order valence-electron chi connectivity index (χ0n) is 14.1. The number of furan rings is 1. The number of anilines is 1. The highest BCUT2D eigenvalue weighted by atomic mass is 32.2. The second-order valence-electron chi connectivity index (χ2n) is 5.67. The topological polar surface area (TPSA) is 62.9 Å². The number of para-hydroxylation sites is 1. The summed E-state index contributed by atoms with van der Waals surface area (Å²) in [7, 11) is 0. The fraction of sp³-hybridized carbons (Fsp3) is 0. The lowest BCUT2D eigenvalue weighted by atomic mass is 10.2. The quantitative estimate of drug-likeness (QED) is 0.629. The van der Waals surface area contributed by atoms with Gasteiger partial charge in [0.2, 0.25) is 0 Å². The molecule has 1 aliphatic heterocycles. The van der Waals surface area contributed by atoms with Crippen LogP contribution < -0.4 is 4.90 Å². The highest BCUT2D eigenvalue weighted by Gasteiger charge is 2.35. The largest absolute Gasteiger partial charge is 0.465 e. The fourth-order valence-electron chi connectivity index (χ4n) is 2.59. The predicted octanol–water partition coefficient (Wildman–Crippen LogP) is 4.60. The first-order valence-electron chi connectivity index (χ1n) is 8.23. The minimum absolute atomic E-state index is 0.248. The van der Waals surface area contributed by atoms with Crippen LogP contribution in [0.2, 0.25) is 0 Å². The van der Waals surface area contributed by atoms with Gasteiger partial charge in [-0.2, -0.15) is 4.99 Å². The van der Waals surface area contributed by atoms with Crippen LogP contribution >= 0.6 is 11.8 Å². The van der Waals surface area contributed by atoms with Crippen molar-refractivity contribution in [1.82, 2.24) is 0 Å². The van der Waals surface area contributed by atoms with Gasteiger partial charge in [-0.25, -0.2) is 0 Å². The van der Waals surface area contributed by atoms with Gasteiger partial charge in [0.05, 0.1) is 16.9 Å². The van der Waals surface area contributed by atoms with E-state index in [9.17, 15) is 9.59 Å². The summed E-state index contributed by atoms with van der Waals surface area (Å²) in [6, 6.07) is 21.4. The summed E-state index contributed by atoms with van der Waals surface area (Å²) in [4.78, 5) is 31.6. The molecule has 3 aromatic rings. The molecule has 0 radical (unpaired) electrons. The van der Waals surface area contributed by atoms with E-state index >= 15 is 0 Å². The number of nitrogens with zero attached hydrogens (tertiary/aromatic N) is 2. The normalized spacial score (nSPS) is 17.0. The molecule has 27 heavy (non-hydrogen) atoms. The first-order valence-corrected chi connectivity index (χ1v) is 9.04. The van der Waals surface area contributed by atoms with Gasteiger partial charge >= 0.3 is 0 Å². The molecule has 1 fully saturated rings. The Balaban J connectivity index is 1.74. The third-order valence-corrected chi connectivity index (χ3v) is 4.82. The van der Waals surface area contributed by atoms with Gasteiger partial charge in [-0.15, -0.1) is 0 Å². The molecule has 0 N–H and O–H groups in total. The Morgan fingerprint density at radius 3 is 2.33 bits per heavy atom. The number of rotatable bonds is 3. The van der Waals surface area contributed by atoms with E-state index in [-0.39, 0.29) is 5.91 Å². The molecule has 1 aromatic heterocycles. The number of hydrogen-bond donors (Lipinski definition) is 0. The third-order valence-electron chi connectivity index (χ3n) is 3.86. The maximum Gasteiger partial charge on any atom is 0.279 e. The maximum absolute atomic E-state index is 13.0. The average molecular weight is 374 g/mol. The number of thioether (sulfide) groups is 1. The molecule has 1 aliphatic rings. The number of aliphatic imine (C=N–C) groups is 1. The standard InChI is InChI=1S/C21H14N2O3S/c24-19(15-8-3-1-4-9-15)22-21-23(16-10-5-2-6-11-16)20(25)18(27-21)14-17-12-7-13-26-17/h1-14H/b18-14+,22-21?. The molecule has 2 heterocycles. The molecule has 0 atom stereocenters. The van der Waals surface area contributed by atoms with E-state index < -0.39 is 5.91 Å². The van der Waals surface area contributed by atoms with Gasteiger partial charge in [-0.3, -0.25) is 14.5 Å². The van der Waals surface area contributed by atoms with E-state index in [1.165, 1.54) is 4.90 Å². The van der Waals surface area contributed by atoms with Gasteiger partial charge in [0.15, 0.2) is 5.17 Å².